The van der Waals surface area contributed by atoms with Crippen molar-refractivity contribution in [1.29, 1.82) is 0 Å². The van der Waals surface area contributed by atoms with Gasteiger partial charge in [-0.25, -0.2) is 0 Å². The molecular weight excluding hydrogens is 372 g/mol. The fourth-order valence-electron chi connectivity index (χ4n) is 4.43. The molecule has 0 amide bonds. The Balaban J connectivity index is 1.78. The average Bonchev–Trinajstić information content (AvgIpc) is 2.79. The zero-order chi connectivity index (χ0) is 20.9. The van der Waals surface area contributed by atoms with Gasteiger partial charge in [-0.05, 0) is 41.0 Å². The second-order valence-electron chi connectivity index (χ2n) is 7.48. The van der Waals surface area contributed by atoms with E-state index in [1.165, 1.54) is 28.1 Å². The number of fused-ring (bicyclic) bond motifs is 2. The van der Waals surface area contributed by atoms with E-state index < -0.39 is 0 Å². The fraction of sp³-hybridized carbons (Fsp3) is 0.231. The van der Waals surface area contributed by atoms with E-state index in [0.29, 0.717) is 13.1 Å². The van der Waals surface area contributed by atoms with E-state index in [1.54, 1.807) is 0 Å². The van der Waals surface area contributed by atoms with Crippen molar-refractivity contribution in [2.24, 2.45) is 0 Å². The lowest BCUT2D eigenvalue weighted by Crippen LogP contribution is -2.29. The predicted molar refractivity (Wildman–Crippen MR) is 124 cm³/mol. The first-order valence-corrected chi connectivity index (χ1v) is 10.4. The van der Waals surface area contributed by atoms with Crippen molar-refractivity contribution < 1.29 is 10.2 Å². The van der Waals surface area contributed by atoms with Crippen molar-refractivity contribution in [3.8, 4) is 0 Å². The molecule has 0 atom stereocenters. The van der Waals surface area contributed by atoms with Gasteiger partial charge in [-0.2, -0.15) is 0 Å². The SMILES string of the molecule is C=CCN1c2ccccc2C(c2ccc(N(CCO)CCO)cc2)c2ccccc21. The van der Waals surface area contributed by atoms with Gasteiger partial charge in [-0.1, -0.05) is 54.6 Å². The summed E-state index contributed by atoms with van der Waals surface area (Å²) >= 11 is 0. The molecule has 2 N–H and O–H groups in total. The van der Waals surface area contributed by atoms with Crippen LogP contribution in [0.3, 0.4) is 0 Å². The summed E-state index contributed by atoms with van der Waals surface area (Å²) in [6.07, 6.45) is 1.94. The molecule has 0 spiro atoms. The third-order valence-corrected chi connectivity index (χ3v) is 5.72. The molecule has 3 aromatic rings. The van der Waals surface area contributed by atoms with Crippen LogP contribution in [0.1, 0.15) is 22.6 Å². The molecule has 4 nitrogen and oxygen atoms in total. The Morgan fingerprint density at radius 1 is 0.800 bits per heavy atom. The van der Waals surface area contributed by atoms with Gasteiger partial charge in [0.05, 0.1) is 13.2 Å². The summed E-state index contributed by atoms with van der Waals surface area (Å²) in [5.41, 5.74) is 7.24. The highest BCUT2D eigenvalue weighted by atomic mass is 16.3. The van der Waals surface area contributed by atoms with E-state index in [-0.39, 0.29) is 19.1 Å². The second kappa shape index (κ2) is 9.16. The third-order valence-electron chi connectivity index (χ3n) is 5.72. The zero-order valence-electron chi connectivity index (χ0n) is 17.1. The highest BCUT2D eigenvalue weighted by Crippen LogP contribution is 2.48. The van der Waals surface area contributed by atoms with Gasteiger partial charge in [0.2, 0.25) is 0 Å². The molecule has 154 valence electrons. The molecule has 1 aliphatic heterocycles. The Morgan fingerprint density at radius 2 is 1.33 bits per heavy atom. The number of rotatable bonds is 8. The van der Waals surface area contributed by atoms with Crippen LogP contribution in [-0.2, 0) is 0 Å². The minimum absolute atomic E-state index is 0.0598. The average molecular weight is 401 g/mol. The van der Waals surface area contributed by atoms with Crippen LogP contribution in [0.15, 0.2) is 85.5 Å². The number of anilines is 3. The number of benzene rings is 3. The van der Waals surface area contributed by atoms with E-state index in [0.717, 1.165) is 12.2 Å². The van der Waals surface area contributed by atoms with Crippen LogP contribution in [0.4, 0.5) is 17.1 Å². The van der Waals surface area contributed by atoms with Crippen molar-refractivity contribution in [3.05, 3.63) is 102 Å². The molecule has 1 heterocycles. The molecule has 0 fully saturated rings. The van der Waals surface area contributed by atoms with Gasteiger partial charge in [0.25, 0.3) is 0 Å². The number of aliphatic hydroxyl groups is 2. The lowest BCUT2D eigenvalue weighted by Gasteiger charge is -2.37. The van der Waals surface area contributed by atoms with Crippen LogP contribution in [-0.4, -0.2) is 43.1 Å². The Hall–Kier alpha value is -3.08. The Morgan fingerprint density at radius 3 is 1.83 bits per heavy atom. The molecule has 0 bridgehead atoms. The summed E-state index contributed by atoms with van der Waals surface area (Å²) < 4.78 is 0. The molecule has 0 aliphatic carbocycles. The van der Waals surface area contributed by atoms with E-state index in [9.17, 15) is 10.2 Å². The van der Waals surface area contributed by atoms with E-state index in [2.05, 4.69) is 84.3 Å². The quantitative estimate of drug-likeness (QED) is 0.554. The van der Waals surface area contributed by atoms with Crippen molar-refractivity contribution in [2.75, 3.05) is 42.6 Å². The molecule has 0 radical (unpaired) electrons. The largest absolute Gasteiger partial charge is 0.395 e. The van der Waals surface area contributed by atoms with Crippen LogP contribution >= 0.6 is 0 Å². The first-order valence-electron chi connectivity index (χ1n) is 10.4. The molecule has 1 aliphatic rings. The Kier molecular flexibility index (Phi) is 6.17. The fourth-order valence-corrected chi connectivity index (χ4v) is 4.43. The van der Waals surface area contributed by atoms with Crippen molar-refractivity contribution >= 4 is 17.1 Å². The van der Waals surface area contributed by atoms with Gasteiger partial charge in [0, 0.05) is 42.6 Å². The Bertz CT molecular complexity index is 946. The van der Waals surface area contributed by atoms with Gasteiger partial charge in [0.1, 0.15) is 0 Å². The van der Waals surface area contributed by atoms with E-state index >= 15 is 0 Å². The highest BCUT2D eigenvalue weighted by Gasteiger charge is 2.30. The third kappa shape index (κ3) is 3.72. The first kappa shape index (κ1) is 20.2. The van der Waals surface area contributed by atoms with Gasteiger partial charge in [-0.3, -0.25) is 0 Å². The lowest BCUT2D eigenvalue weighted by atomic mass is 9.80. The summed E-state index contributed by atoms with van der Waals surface area (Å²) in [6, 6.07) is 25.7. The second-order valence-corrected chi connectivity index (χ2v) is 7.48. The molecule has 0 saturated heterocycles. The molecule has 0 unspecified atom stereocenters. The van der Waals surface area contributed by atoms with Crippen LogP contribution in [0.25, 0.3) is 0 Å². The van der Waals surface area contributed by atoms with Crippen molar-refractivity contribution in [3.63, 3.8) is 0 Å². The zero-order valence-corrected chi connectivity index (χ0v) is 17.1. The molecule has 3 aromatic carbocycles. The highest BCUT2D eigenvalue weighted by molar-refractivity contribution is 5.78. The van der Waals surface area contributed by atoms with Crippen LogP contribution in [0.5, 0.6) is 0 Å². The first-order chi connectivity index (χ1) is 14.8. The number of para-hydroxylation sites is 2. The van der Waals surface area contributed by atoms with Crippen molar-refractivity contribution in [2.45, 2.75) is 5.92 Å². The standard InChI is InChI=1S/C26H28N2O2/c1-2-15-28-24-9-5-3-7-22(24)26(23-8-4-6-10-25(23)28)20-11-13-21(14-12-20)27(16-18-29)17-19-30/h2-14,26,29-30H,1,15-19H2. The summed E-state index contributed by atoms with van der Waals surface area (Å²) in [4.78, 5) is 4.32. The maximum absolute atomic E-state index is 9.34. The topological polar surface area (TPSA) is 46.9 Å². The lowest BCUT2D eigenvalue weighted by molar-refractivity contribution is 0.281. The van der Waals surface area contributed by atoms with Crippen molar-refractivity contribution in [1.82, 2.24) is 0 Å². The molecule has 30 heavy (non-hydrogen) atoms. The number of nitrogens with zero attached hydrogens (tertiary/aromatic N) is 2. The van der Waals surface area contributed by atoms with E-state index in [1.807, 2.05) is 11.0 Å². The van der Waals surface area contributed by atoms with Crippen LogP contribution in [0, 0.1) is 0 Å². The molecule has 0 saturated carbocycles. The van der Waals surface area contributed by atoms with E-state index in [4.69, 9.17) is 0 Å². The molecule has 0 aromatic heterocycles. The minimum Gasteiger partial charge on any atom is -0.395 e. The summed E-state index contributed by atoms with van der Waals surface area (Å²) in [5.74, 6) is 0.150. The number of hydrogen-bond donors (Lipinski definition) is 2. The van der Waals surface area contributed by atoms with Gasteiger partial charge in [-0.15, -0.1) is 6.58 Å². The maximum Gasteiger partial charge on any atom is 0.0606 e. The summed E-state index contributed by atoms with van der Waals surface area (Å²) in [7, 11) is 0. The molecule has 4 heteroatoms. The summed E-state index contributed by atoms with van der Waals surface area (Å²) in [5, 5.41) is 18.7. The summed E-state index contributed by atoms with van der Waals surface area (Å²) in [6.45, 7) is 5.84. The minimum atomic E-state index is 0.0598. The smallest absolute Gasteiger partial charge is 0.0606 e. The molecule has 4 rings (SSSR count). The van der Waals surface area contributed by atoms with Crippen LogP contribution in [0.2, 0.25) is 0 Å². The van der Waals surface area contributed by atoms with Gasteiger partial charge >= 0.3 is 0 Å². The van der Waals surface area contributed by atoms with Gasteiger partial charge < -0.3 is 20.0 Å². The normalized spacial score (nSPS) is 12.9. The number of hydrogen-bond acceptors (Lipinski definition) is 4. The molecular formula is C26H28N2O2. The Labute approximate surface area is 178 Å². The van der Waals surface area contributed by atoms with Gasteiger partial charge in [0.15, 0.2) is 0 Å². The number of aliphatic hydroxyl groups excluding tert-OH is 2. The maximum atomic E-state index is 9.34. The monoisotopic (exact) mass is 400 g/mol. The van der Waals surface area contributed by atoms with Crippen LogP contribution < -0.4 is 9.80 Å². The predicted octanol–water partition coefficient (Wildman–Crippen LogP) is 4.30.